The van der Waals surface area contributed by atoms with Crippen LogP contribution in [0.25, 0.3) is 0 Å². The Bertz CT molecular complexity index is 806. The molecular formula is C21H25ClN2O4. The summed E-state index contributed by atoms with van der Waals surface area (Å²) >= 11 is 6.52. The van der Waals surface area contributed by atoms with E-state index in [4.69, 9.17) is 16.3 Å². The number of likely N-dealkylation sites (tertiary alicyclic amines) is 1. The van der Waals surface area contributed by atoms with E-state index in [1.807, 2.05) is 20.8 Å². The molecular weight excluding hydrogens is 380 g/mol. The number of nitrogens with zero attached hydrogens (tertiary/aromatic N) is 2. The van der Waals surface area contributed by atoms with Crippen LogP contribution in [0, 0.1) is 0 Å². The molecule has 3 amide bonds. The molecule has 6 nitrogen and oxygen atoms in total. The van der Waals surface area contributed by atoms with Gasteiger partial charge < -0.3 is 9.64 Å². The van der Waals surface area contributed by atoms with E-state index in [1.54, 1.807) is 29.2 Å². The predicted molar refractivity (Wildman–Crippen MR) is 106 cm³/mol. The van der Waals surface area contributed by atoms with Crippen LogP contribution in [0.15, 0.2) is 34.9 Å². The van der Waals surface area contributed by atoms with Crippen molar-refractivity contribution in [3.05, 3.63) is 46.0 Å². The van der Waals surface area contributed by atoms with Crippen LogP contribution in [-0.2, 0) is 4.74 Å². The SMILES string of the molecule is CC(C)(C)OC(=O)N1CCC/C(=C(/Cl)CN2C(=O)c3ccccc3C2=O)CC1. The number of amides is 3. The molecule has 3 rings (SSSR count). The lowest BCUT2D eigenvalue weighted by atomic mass is 10.1. The van der Waals surface area contributed by atoms with E-state index >= 15 is 0 Å². The van der Waals surface area contributed by atoms with E-state index < -0.39 is 5.60 Å². The summed E-state index contributed by atoms with van der Waals surface area (Å²) in [6.45, 7) is 6.68. The fourth-order valence-electron chi connectivity index (χ4n) is 3.40. The topological polar surface area (TPSA) is 66.9 Å². The monoisotopic (exact) mass is 404 g/mol. The van der Waals surface area contributed by atoms with Crippen LogP contribution in [0.1, 0.15) is 60.7 Å². The summed E-state index contributed by atoms with van der Waals surface area (Å²) in [6.07, 6.45) is 1.75. The predicted octanol–water partition coefficient (Wildman–Crippen LogP) is 4.20. The van der Waals surface area contributed by atoms with Gasteiger partial charge in [-0.3, -0.25) is 14.5 Å². The first-order valence-corrected chi connectivity index (χ1v) is 9.85. The average Bonchev–Trinajstić information content (AvgIpc) is 2.82. The van der Waals surface area contributed by atoms with Crippen molar-refractivity contribution < 1.29 is 19.1 Å². The number of hydrogen-bond acceptors (Lipinski definition) is 4. The van der Waals surface area contributed by atoms with E-state index in [0.717, 1.165) is 18.4 Å². The van der Waals surface area contributed by atoms with E-state index in [2.05, 4.69) is 0 Å². The molecule has 0 N–H and O–H groups in total. The first-order chi connectivity index (χ1) is 13.2. The zero-order valence-corrected chi connectivity index (χ0v) is 17.2. The number of benzene rings is 1. The Morgan fingerprint density at radius 2 is 1.68 bits per heavy atom. The Labute approximate surface area is 170 Å². The molecule has 0 atom stereocenters. The summed E-state index contributed by atoms with van der Waals surface area (Å²) in [6, 6.07) is 6.79. The summed E-state index contributed by atoms with van der Waals surface area (Å²) < 4.78 is 5.44. The quantitative estimate of drug-likeness (QED) is 0.693. The molecule has 2 heterocycles. The standard InChI is InChI=1S/C21H25ClN2O4/c1-21(2,3)28-20(27)23-11-6-7-14(10-12-23)17(22)13-24-18(25)15-8-4-5-9-16(15)19(24)26/h4-5,8-9H,6-7,10-13H2,1-3H3/b17-14-. The van der Waals surface area contributed by atoms with Crippen LogP contribution >= 0.6 is 11.6 Å². The summed E-state index contributed by atoms with van der Waals surface area (Å²) in [4.78, 5) is 40.2. The van der Waals surface area contributed by atoms with Crippen molar-refractivity contribution in [1.29, 1.82) is 0 Å². The zero-order valence-electron chi connectivity index (χ0n) is 16.5. The van der Waals surface area contributed by atoms with Gasteiger partial charge in [0.25, 0.3) is 11.8 Å². The van der Waals surface area contributed by atoms with Crippen LogP contribution < -0.4 is 0 Å². The van der Waals surface area contributed by atoms with E-state index in [0.29, 0.717) is 35.7 Å². The molecule has 0 aromatic heterocycles. The molecule has 28 heavy (non-hydrogen) atoms. The van der Waals surface area contributed by atoms with Gasteiger partial charge in [-0.2, -0.15) is 0 Å². The number of hydrogen-bond donors (Lipinski definition) is 0. The first-order valence-electron chi connectivity index (χ1n) is 9.47. The number of imide groups is 1. The van der Waals surface area contributed by atoms with Crippen LogP contribution in [0.2, 0.25) is 0 Å². The third-order valence-corrected chi connectivity index (χ3v) is 5.19. The summed E-state index contributed by atoms with van der Waals surface area (Å²) in [7, 11) is 0. The summed E-state index contributed by atoms with van der Waals surface area (Å²) in [5, 5.41) is 0.501. The van der Waals surface area contributed by atoms with Crippen molar-refractivity contribution in [2.45, 2.75) is 45.6 Å². The van der Waals surface area contributed by atoms with Crippen LogP contribution in [0.4, 0.5) is 4.79 Å². The van der Waals surface area contributed by atoms with Gasteiger partial charge in [-0.25, -0.2) is 4.79 Å². The molecule has 0 unspecified atom stereocenters. The third kappa shape index (κ3) is 4.38. The van der Waals surface area contributed by atoms with Crippen LogP contribution in [-0.4, -0.2) is 52.9 Å². The van der Waals surface area contributed by atoms with Crippen molar-refractivity contribution >= 4 is 29.5 Å². The number of halogens is 1. The second-order valence-electron chi connectivity index (χ2n) is 8.07. The molecule has 0 radical (unpaired) electrons. The maximum absolute atomic E-state index is 12.5. The molecule has 1 aromatic rings. The minimum Gasteiger partial charge on any atom is -0.444 e. The highest BCUT2D eigenvalue weighted by Crippen LogP contribution is 2.28. The molecule has 0 aliphatic carbocycles. The van der Waals surface area contributed by atoms with Gasteiger partial charge in [0.05, 0.1) is 17.7 Å². The van der Waals surface area contributed by atoms with Gasteiger partial charge in [0.1, 0.15) is 5.60 Å². The molecule has 0 saturated carbocycles. The second-order valence-corrected chi connectivity index (χ2v) is 8.53. The molecule has 0 spiro atoms. The Morgan fingerprint density at radius 3 is 2.25 bits per heavy atom. The molecule has 150 valence electrons. The lowest BCUT2D eigenvalue weighted by Gasteiger charge is -2.26. The fourth-order valence-corrected chi connectivity index (χ4v) is 3.71. The maximum atomic E-state index is 12.5. The lowest BCUT2D eigenvalue weighted by Crippen LogP contribution is -2.37. The molecule has 1 aromatic carbocycles. The highest BCUT2D eigenvalue weighted by molar-refractivity contribution is 6.31. The number of carbonyl (C=O) groups excluding carboxylic acids is 3. The second kappa shape index (κ2) is 7.95. The van der Waals surface area contributed by atoms with Gasteiger partial charge in [-0.15, -0.1) is 0 Å². The van der Waals surface area contributed by atoms with Crippen LogP contribution in [0.3, 0.4) is 0 Å². The normalized spacial score (nSPS) is 19.4. The maximum Gasteiger partial charge on any atom is 0.410 e. The van der Waals surface area contributed by atoms with Gasteiger partial charge in [0.15, 0.2) is 0 Å². The van der Waals surface area contributed by atoms with Gasteiger partial charge in [-0.05, 0) is 52.2 Å². The third-order valence-electron chi connectivity index (χ3n) is 4.80. The molecule has 2 aliphatic heterocycles. The highest BCUT2D eigenvalue weighted by atomic mass is 35.5. The zero-order chi connectivity index (χ0) is 20.5. The van der Waals surface area contributed by atoms with Crippen molar-refractivity contribution in [3.63, 3.8) is 0 Å². The Morgan fingerprint density at radius 1 is 1.07 bits per heavy atom. The van der Waals surface area contributed by atoms with E-state index in [-0.39, 0.29) is 24.5 Å². The highest BCUT2D eigenvalue weighted by Gasteiger charge is 2.35. The fraction of sp³-hybridized carbons (Fsp3) is 0.476. The van der Waals surface area contributed by atoms with Crippen molar-refractivity contribution in [1.82, 2.24) is 9.80 Å². The summed E-state index contributed by atoms with van der Waals surface area (Å²) in [5.74, 6) is -0.633. The van der Waals surface area contributed by atoms with Crippen molar-refractivity contribution in [2.24, 2.45) is 0 Å². The van der Waals surface area contributed by atoms with Crippen molar-refractivity contribution in [3.8, 4) is 0 Å². The number of fused-ring (bicyclic) bond motifs is 1. The minimum absolute atomic E-state index is 0.0652. The van der Waals surface area contributed by atoms with E-state index in [1.165, 1.54) is 4.90 Å². The van der Waals surface area contributed by atoms with Crippen LogP contribution in [0.5, 0.6) is 0 Å². The lowest BCUT2D eigenvalue weighted by molar-refractivity contribution is 0.0258. The Hall–Kier alpha value is -2.34. The summed E-state index contributed by atoms with van der Waals surface area (Å²) in [5.41, 5.74) is 1.27. The Kier molecular flexibility index (Phi) is 5.79. The molecule has 2 aliphatic rings. The number of carbonyl (C=O) groups is 3. The number of rotatable bonds is 2. The first kappa shape index (κ1) is 20.4. The van der Waals surface area contributed by atoms with Crippen molar-refractivity contribution in [2.75, 3.05) is 19.6 Å². The van der Waals surface area contributed by atoms with Gasteiger partial charge in [-0.1, -0.05) is 29.3 Å². The molecule has 7 heteroatoms. The smallest absolute Gasteiger partial charge is 0.410 e. The Balaban J connectivity index is 1.67. The minimum atomic E-state index is -0.537. The molecule has 1 fully saturated rings. The van der Waals surface area contributed by atoms with Gasteiger partial charge >= 0.3 is 6.09 Å². The number of ether oxygens (including phenoxy) is 1. The largest absolute Gasteiger partial charge is 0.444 e. The molecule has 1 saturated heterocycles. The van der Waals surface area contributed by atoms with Gasteiger partial charge in [0, 0.05) is 18.1 Å². The van der Waals surface area contributed by atoms with E-state index in [9.17, 15) is 14.4 Å². The average molecular weight is 405 g/mol. The molecule has 0 bridgehead atoms. The van der Waals surface area contributed by atoms with Gasteiger partial charge in [0.2, 0.25) is 0 Å².